The van der Waals surface area contributed by atoms with Gasteiger partial charge in [-0.2, -0.15) is 0 Å². The number of aryl methyl sites for hydroxylation is 2. The molecule has 0 saturated carbocycles. The average molecular weight is 263 g/mol. The van der Waals surface area contributed by atoms with Crippen LogP contribution in [-0.2, 0) is 6.42 Å². The van der Waals surface area contributed by atoms with Gasteiger partial charge in [0, 0.05) is 4.90 Å². The summed E-state index contributed by atoms with van der Waals surface area (Å²) < 4.78 is 0. The standard InChI is InChI=1S/C15H15ClS/c1-3-11-7-4-6-10(2)14(11)12-8-5-9-13(16)15(12)17/h4-9,17H,3H2,1-2H3. The summed E-state index contributed by atoms with van der Waals surface area (Å²) >= 11 is 10.7. The first kappa shape index (κ1) is 12.5. The Morgan fingerprint density at radius 3 is 2.53 bits per heavy atom. The van der Waals surface area contributed by atoms with Crippen molar-refractivity contribution in [3.63, 3.8) is 0 Å². The van der Waals surface area contributed by atoms with E-state index < -0.39 is 0 Å². The van der Waals surface area contributed by atoms with Crippen LogP contribution < -0.4 is 0 Å². The molecule has 0 aliphatic rings. The summed E-state index contributed by atoms with van der Waals surface area (Å²) in [5, 5.41) is 0.705. The Labute approximate surface area is 113 Å². The molecule has 0 radical (unpaired) electrons. The Morgan fingerprint density at radius 1 is 1.12 bits per heavy atom. The van der Waals surface area contributed by atoms with Crippen LogP contribution in [0.25, 0.3) is 11.1 Å². The SMILES string of the molecule is CCc1cccc(C)c1-c1cccc(Cl)c1S. The summed E-state index contributed by atoms with van der Waals surface area (Å²) in [6, 6.07) is 12.3. The number of hydrogen-bond donors (Lipinski definition) is 1. The Bertz CT molecular complexity index is 547. The minimum Gasteiger partial charge on any atom is -0.141 e. The third kappa shape index (κ3) is 2.36. The second-order valence-electron chi connectivity index (χ2n) is 4.10. The molecule has 2 heteroatoms. The quantitative estimate of drug-likeness (QED) is 0.710. The molecule has 0 amide bonds. The smallest absolute Gasteiger partial charge is 0.0545 e. The van der Waals surface area contributed by atoms with Crippen LogP contribution in [0.3, 0.4) is 0 Å². The summed E-state index contributed by atoms with van der Waals surface area (Å²) in [4.78, 5) is 0.859. The molecule has 0 bridgehead atoms. The van der Waals surface area contributed by atoms with Gasteiger partial charge in [0.05, 0.1) is 5.02 Å². The van der Waals surface area contributed by atoms with Gasteiger partial charge in [-0.1, -0.05) is 48.9 Å². The maximum absolute atomic E-state index is 6.14. The largest absolute Gasteiger partial charge is 0.141 e. The molecular formula is C15H15ClS. The van der Waals surface area contributed by atoms with Crippen molar-refractivity contribution in [1.29, 1.82) is 0 Å². The maximum atomic E-state index is 6.14. The van der Waals surface area contributed by atoms with Crippen molar-refractivity contribution in [2.45, 2.75) is 25.2 Å². The van der Waals surface area contributed by atoms with E-state index in [1.165, 1.54) is 16.7 Å². The van der Waals surface area contributed by atoms with Gasteiger partial charge in [0.25, 0.3) is 0 Å². The van der Waals surface area contributed by atoms with E-state index in [-0.39, 0.29) is 0 Å². The highest BCUT2D eigenvalue weighted by Gasteiger charge is 2.11. The molecule has 0 atom stereocenters. The molecule has 0 spiro atoms. The Morgan fingerprint density at radius 2 is 1.82 bits per heavy atom. The van der Waals surface area contributed by atoms with E-state index in [4.69, 9.17) is 11.6 Å². The van der Waals surface area contributed by atoms with Gasteiger partial charge in [-0.25, -0.2) is 0 Å². The van der Waals surface area contributed by atoms with Gasteiger partial charge in [0.2, 0.25) is 0 Å². The fourth-order valence-corrected chi connectivity index (χ4v) is 2.56. The molecule has 0 heterocycles. The van der Waals surface area contributed by atoms with E-state index in [1.807, 2.05) is 12.1 Å². The normalized spacial score (nSPS) is 10.6. The molecule has 0 aromatic heterocycles. The summed E-state index contributed by atoms with van der Waals surface area (Å²) in [6.45, 7) is 4.30. The Kier molecular flexibility index (Phi) is 3.80. The number of hydrogen-bond acceptors (Lipinski definition) is 1. The highest BCUT2D eigenvalue weighted by molar-refractivity contribution is 7.80. The van der Waals surface area contributed by atoms with Crippen LogP contribution in [-0.4, -0.2) is 0 Å². The predicted octanol–water partition coefficient (Wildman–Crippen LogP) is 5.17. The summed E-state index contributed by atoms with van der Waals surface area (Å²) in [6.07, 6.45) is 1.01. The first-order valence-corrected chi connectivity index (χ1v) is 6.54. The lowest BCUT2D eigenvalue weighted by molar-refractivity contribution is 1.13. The Balaban J connectivity index is 2.72. The van der Waals surface area contributed by atoms with Gasteiger partial charge < -0.3 is 0 Å². The molecule has 0 N–H and O–H groups in total. The molecule has 0 aliphatic carbocycles. The molecule has 88 valence electrons. The zero-order chi connectivity index (χ0) is 12.4. The molecule has 2 rings (SSSR count). The second-order valence-corrected chi connectivity index (χ2v) is 4.95. The van der Waals surface area contributed by atoms with Gasteiger partial charge in [-0.3, -0.25) is 0 Å². The van der Waals surface area contributed by atoms with Gasteiger partial charge in [-0.15, -0.1) is 12.6 Å². The predicted molar refractivity (Wildman–Crippen MR) is 78.3 cm³/mol. The highest BCUT2D eigenvalue weighted by Crippen LogP contribution is 2.35. The van der Waals surface area contributed by atoms with Crippen LogP contribution in [0.15, 0.2) is 41.3 Å². The van der Waals surface area contributed by atoms with E-state index in [1.54, 1.807) is 0 Å². The number of rotatable bonds is 2. The van der Waals surface area contributed by atoms with Crippen molar-refractivity contribution in [1.82, 2.24) is 0 Å². The van der Waals surface area contributed by atoms with E-state index >= 15 is 0 Å². The van der Waals surface area contributed by atoms with Crippen LogP contribution in [0.4, 0.5) is 0 Å². The Hall–Kier alpha value is -0.920. The van der Waals surface area contributed by atoms with Crippen molar-refractivity contribution in [2.24, 2.45) is 0 Å². The van der Waals surface area contributed by atoms with Crippen LogP contribution in [0.2, 0.25) is 5.02 Å². The van der Waals surface area contributed by atoms with Crippen molar-refractivity contribution >= 4 is 24.2 Å². The summed E-state index contributed by atoms with van der Waals surface area (Å²) in [5.41, 5.74) is 4.99. The lowest BCUT2D eigenvalue weighted by Gasteiger charge is -2.14. The lowest BCUT2D eigenvalue weighted by atomic mass is 9.94. The van der Waals surface area contributed by atoms with Gasteiger partial charge in [-0.05, 0) is 41.7 Å². The minimum absolute atomic E-state index is 0.705. The lowest BCUT2D eigenvalue weighted by Crippen LogP contribution is -1.92. The van der Waals surface area contributed by atoms with Crippen LogP contribution in [0, 0.1) is 6.92 Å². The van der Waals surface area contributed by atoms with Gasteiger partial charge in [0.15, 0.2) is 0 Å². The number of halogens is 1. The first-order valence-electron chi connectivity index (χ1n) is 5.71. The zero-order valence-electron chi connectivity index (χ0n) is 10.00. The zero-order valence-corrected chi connectivity index (χ0v) is 11.6. The van der Waals surface area contributed by atoms with E-state index in [9.17, 15) is 0 Å². The fourth-order valence-electron chi connectivity index (χ4n) is 2.13. The summed E-state index contributed by atoms with van der Waals surface area (Å²) in [5.74, 6) is 0. The highest BCUT2D eigenvalue weighted by atomic mass is 35.5. The van der Waals surface area contributed by atoms with Crippen LogP contribution in [0.1, 0.15) is 18.1 Å². The average Bonchev–Trinajstić information content (AvgIpc) is 2.33. The van der Waals surface area contributed by atoms with Crippen LogP contribution >= 0.6 is 24.2 Å². The molecule has 17 heavy (non-hydrogen) atoms. The molecular weight excluding hydrogens is 248 g/mol. The first-order chi connectivity index (χ1) is 8.15. The number of thiol groups is 1. The van der Waals surface area contributed by atoms with Crippen molar-refractivity contribution in [3.05, 3.63) is 52.5 Å². The van der Waals surface area contributed by atoms with Gasteiger partial charge >= 0.3 is 0 Å². The molecule has 2 aromatic carbocycles. The van der Waals surface area contributed by atoms with Gasteiger partial charge in [0.1, 0.15) is 0 Å². The second kappa shape index (κ2) is 5.16. The van der Waals surface area contributed by atoms with Crippen molar-refractivity contribution in [2.75, 3.05) is 0 Å². The third-order valence-corrected chi connectivity index (χ3v) is 3.92. The minimum atomic E-state index is 0.705. The monoisotopic (exact) mass is 262 g/mol. The van der Waals surface area contributed by atoms with E-state index in [0.29, 0.717) is 5.02 Å². The number of benzene rings is 2. The molecule has 2 aromatic rings. The molecule has 0 saturated heterocycles. The molecule has 0 nitrogen and oxygen atoms in total. The maximum Gasteiger partial charge on any atom is 0.0545 e. The van der Waals surface area contributed by atoms with Crippen LogP contribution in [0.5, 0.6) is 0 Å². The molecule has 0 unspecified atom stereocenters. The van der Waals surface area contributed by atoms with Crippen molar-refractivity contribution in [3.8, 4) is 11.1 Å². The summed E-state index contributed by atoms with van der Waals surface area (Å²) in [7, 11) is 0. The van der Waals surface area contributed by atoms with E-state index in [2.05, 4.69) is 50.7 Å². The van der Waals surface area contributed by atoms with E-state index in [0.717, 1.165) is 16.9 Å². The molecule has 0 aliphatic heterocycles. The van der Waals surface area contributed by atoms with Crippen molar-refractivity contribution < 1.29 is 0 Å². The third-order valence-electron chi connectivity index (χ3n) is 3.00. The molecule has 0 fully saturated rings. The fraction of sp³-hybridized carbons (Fsp3) is 0.200. The topological polar surface area (TPSA) is 0 Å².